The second kappa shape index (κ2) is 8.91. The highest BCUT2D eigenvalue weighted by molar-refractivity contribution is 6.01. The Kier molecular flexibility index (Phi) is 5.91. The zero-order chi connectivity index (χ0) is 28.9. The molecule has 5 aliphatic carbocycles. The van der Waals surface area contributed by atoms with Crippen LogP contribution in [-0.4, -0.2) is 54.5 Å². The Morgan fingerprint density at radius 3 is 2.78 bits per heavy atom. The quantitative estimate of drug-likeness (QED) is 0.469. The highest BCUT2D eigenvalue weighted by atomic mass is 16.7. The Labute approximate surface area is 241 Å². The molecule has 0 bridgehead atoms. The monoisotopic (exact) mass is 563 g/mol. The molecule has 1 heterocycles. The molecule has 0 radical (unpaired) electrons. The van der Waals surface area contributed by atoms with E-state index in [1.54, 1.807) is 37.5 Å². The van der Waals surface area contributed by atoms with Gasteiger partial charge < -0.3 is 29.8 Å². The second-order valence-corrected chi connectivity index (χ2v) is 13.6. The van der Waals surface area contributed by atoms with Gasteiger partial charge in [0.2, 0.25) is 5.78 Å². The van der Waals surface area contributed by atoms with Crippen molar-refractivity contribution in [2.75, 3.05) is 19.5 Å². The van der Waals surface area contributed by atoms with Crippen LogP contribution in [0.3, 0.4) is 0 Å². The van der Waals surface area contributed by atoms with Crippen LogP contribution >= 0.6 is 0 Å². The number of carbonyl (C=O) groups is 2. The number of anilines is 1. The van der Waals surface area contributed by atoms with E-state index in [1.807, 2.05) is 6.08 Å². The Balaban J connectivity index is 1.25. The van der Waals surface area contributed by atoms with E-state index in [0.29, 0.717) is 30.0 Å². The number of Topliss-reactive ketones (excluding diaryl/α,β-unsaturated/α-hetero) is 1. The predicted octanol–water partition coefficient (Wildman–Crippen LogP) is 4.39. The van der Waals surface area contributed by atoms with Crippen LogP contribution in [0.5, 0.6) is 11.5 Å². The number of aliphatic hydroxyl groups is 1. The molecule has 41 heavy (non-hydrogen) atoms. The molecule has 10 atom stereocenters. The SMILES string of the molecule is CCCC1O[C@@H]2C3CC34C3CCC5=CC(=O)C=C[C@]5(C)C3[C@@H](O)C[C@]4(C)[C@]2(C(=O)COc2ccc(N)c(OC)c2)O1. The van der Waals surface area contributed by atoms with Crippen LogP contribution in [-0.2, 0) is 19.1 Å². The van der Waals surface area contributed by atoms with Gasteiger partial charge in [0.1, 0.15) is 24.2 Å². The Morgan fingerprint density at radius 2 is 2.02 bits per heavy atom. The van der Waals surface area contributed by atoms with Crippen molar-refractivity contribution in [2.45, 2.75) is 83.4 Å². The first-order valence-corrected chi connectivity index (χ1v) is 15.1. The van der Waals surface area contributed by atoms with Gasteiger partial charge in [-0.2, -0.15) is 0 Å². The summed E-state index contributed by atoms with van der Waals surface area (Å²) in [6.45, 7) is 6.25. The minimum absolute atomic E-state index is 0.0240. The molecule has 1 saturated heterocycles. The number of ketones is 2. The molecular formula is C33H41NO7. The van der Waals surface area contributed by atoms with Crippen molar-refractivity contribution in [2.24, 2.45) is 34.0 Å². The standard InChI is InChI=1S/C33H41NO7/c1-5-6-27-40-29-22-15-32(22)21-9-7-18-13-19(35)11-12-30(18,2)28(21)24(36)16-31(32,3)33(29,41-27)26(37)17-39-20-8-10-23(34)25(14-20)38-4/h8,10-14,21-22,24,27-29,36H,5-7,9,15-17,34H2,1-4H3/t21?,22?,24-,27?,28?,29+,30-,31-,32?,33+/m0/s1. The van der Waals surface area contributed by atoms with Gasteiger partial charge in [-0.15, -0.1) is 0 Å². The maximum absolute atomic E-state index is 14.5. The molecule has 1 aromatic carbocycles. The first-order chi connectivity index (χ1) is 19.6. The zero-order valence-electron chi connectivity index (χ0n) is 24.4. The minimum atomic E-state index is -1.20. The fraction of sp³-hybridized carbons (Fsp3) is 0.636. The second-order valence-electron chi connectivity index (χ2n) is 13.6. The molecule has 0 aromatic heterocycles. The number of nitrogens with two attached hydrogens (primary N) is 1. The molecule has 4 saturated carbocycles. The number of hydrogen-bond donors (Lipinski definition) is 2. The highest BCUT2D eigenvalue weighted by Gasteiger charge is 2.90. The van der Waals surface area contributed by atoms with E-state index in [2.05, 4.69) is 20.8 Å². The lowest BCUT2D eigenvalue weighted by molar-refractivity contribution is -0.211. The van der Waals surface area contributed by atoms with Crippen LogP contribution in [0.4, 0.5) is 5.69 Å². The first-order valence-electron chi connectivity index (χ1n) is 15.1. The summed E-state index contributed by atoms with van der Waals surface area (Å²) >= 11 is 0. The number of ether oxygens (including phenoxy) is 4. The average Bonchev–Trinajstić information content (AvgIpc) is 3.52. The van der Waals surface area contributed by atoms with Crippen LogP contribution < -0.4 is 15.2 Å². The van der Waals surface area contributed by atoms with Crippen LogP contribution in [0, 0.1) is 34.0 Å². The van der Waals surface area contributed by atoms with Crippen LogP contribution in [0.25, 0.3) is 0 Å². The molecule has 5 unspecified atom stereocenters. The number of aliphatic hydroxyl groups excluding tert-OH is 1. The smallest absolute Gasteiger partial charge is 0.205 e. The zero-order valence-corrected chi connectivity index (χ0v) is 24.4. The van der Waals surface area contributed by atoms with Crippen LogP contribution in [0.2, 0.25) is 0 Å². The van der Waals surface area contributed by atoms with E-state index in [9.17, 15) is 14.7 Å². The summed E-state index contributed by atoms with van der Waals surface area (Å²) in [6, 6.07) is 5.11. The van der Waals surface area contributed by atoms with Crippen molar-refractivity contribution in [1.29, 1.82) is 0 Å². The van der Waals surface area contributed by atoms with Crippen molar-refractivity contribution < 1.29 is 33.6 Å². The Bertz CT molecular complexity index is 1370. The molecule has 5 fully saturated rings. The number of carbonyl (C=O) groups excluding carboxylic acids is 2. The largest absolute Gasteiger partial charge is 0.494 e. The lowest BCUT2D eigenvalue weighted by Gasteiger charge is -2.61. The summed E-state index contributed by atoms with van der Waals surface area (Å²) in [6.07, 6.45) is 8.67. The van der Waals surface area contributed by atoms with Gasteiger partial charge in [-0.3, -0.25) is 9.59 Å². The van der Waals surface area contributed by atoms with Gasteiger partial charge in [-0.1, -0.05) is 38.8 Å². The molecule has 1 aromatic rings. The number of rotatable bonds is 7. The normalized spacial score (nSPS) is 45.1. The third-order valence-electron chi connectivity index (χ3n) is 11.9. The van der Waals surface area contributed by atoms with E-state index in [-0.39, 0.29) is 52.9 Å². The number of benzene rings is 1. The van der Waals surface area contributed by atoms with Crippen LogP contribution in [0.15, 0.2) is 42.0 Å². The summed E-state index contributed by atoms with van der Waals surface area (Å²) < 4.78 is 24.8. The number of allylic oxidation sites excluding steroid dienone is 4. The van der Waals surface area contributed by atoms with Gasteiger partial charge >= 0.3 is 0 Å². The van der Waals surface area contributed by atoms with E-state index >= 15 is 0 Å². The molecule has 1 aliphatic heterocycles. The fourth-order valence-corrected chi connectivity index (χ4v) is 10.3. The average molecular weight is 564 g/mol. The van der Waals surface area contributed by atoms with Gasteiger partial charge in [-0.25, -0.2) is 0 Å². The number of fused-ring (bicyclic) bond motifs is 6. The molecule has 220 valence electrons. The number of methoxy groups -OCH3 is 1. The van der Waals surface area contributed by atoms with E-state index in [4.69, 9.17) is 24.7 Å². The molecule has 1 spiro atoms. The Hall–Kier alpha value is -2.68. The summed E-state index contributed by atoms with van der Waals surface area (Å²) in [5.41, 5.74) is 5.21. The third kappa shape index (κ3) is 3.33. The van der Waals surface area contributed by atoms with Crippen molar-refractivity contribution in [3.05, 3.63) is 42.0 Å². The van der Waals surface area contributed by atoms with Gasteiger partial charge in [0.15, 0.2) is 17.7 Å². The topological polar surface area (TPSA) is 117 Å². The molecular weight excluding hydrogens is 522 g/mol. The predicted molar refractivity (Wildman–Crippen MR) is 151 cm³/mol. The molecule has 8 heteroatoms. The van der Waals surface area contributed by atoms with Gasteiger partial charge in [0.25, 0.3) is 0 Å². The molecule has 8 nitrogen and oxygen atoms in total. The third-order valence-corrected chi connectivity index (χ3v) is 11.9. The minimum Gasteiger partial charge on any atom is -0.494 e. The first kappa shape index (κ1) is 27.2. The van der Waals surface area contributed by atoms with Gasteiger partial charge in [0.05, 0.1) is 18.9 Å². The van der Waals surface area contributed by atoms with Crippen molar-refractivity contribution in [3.8, 4) is 11.5 Å². The lowest BCUT2D eigenvalue weighted by Crippen LogP contribution is -2.66. The lowest BCUT2D eigenvalue weighted by atomic mass is 9.44. The Morgan fingerprint density at radius 1 is 1.22 bits per heavy atom. The fourth-order valence-electron chi connectivity index (χ4n) is 10.3. The summed E-state index contributed by atoms with van der Waals surface area (Å²) in [5, 5.41) is 12.0. The maximum atomic E-state index is 14.5. The molecule has 3 N–H and O–H groups in total. The summed E-state index contributed by atoms with van der Waals surface area (Å²) in [4.78, 5) is 26.7. The summed E-state index contributed by atoms with van der Waals surface area (Å²) in [5.74, 6) is 1.21. The van der Waals surface area contributed by atoms with Crippen molar-refractivity contribution >= 4 is 17.3 Å². The van der Waals surface area contributed by atoms with E-state index < -0.39 is 23.4 Å². The highest BCUT2D eigenvalue weighted by Crippen LogP contribution is 2.86. The number of hydrogen-bond acceptors (Lipinski definition) is 8. The van der Waals surface area contributed by atoms with E-state index in [0.717, 1.165) is 31.3 Å². The van der Waals surface area contributed by atoms with Crippen LogP contribution in [0.1, 0.15) is 59.3 Å². The molecule has 7 rings (SSSR count). The van der Waals surface area contributed by atoms with Gasteiger partial charge in [-0.05, 0) is 73.6 Å². The van der Waals surface area contributed by atoms with Crippen molar-refractivity contribution in [1.82, 2.24) is 0 Å². The number of nitrogen functional groups attached to an aromatic ring is 1. The van der Waals surface area contributed by atoms with E-state index in [1.165, 1.54) is 0 Å². The maximum Gasteiger partial charge on any atom is 0.205 e. The van der Waals surface area contributed by atoms with Gasteiger partial charge in [0, 0.05) is 22.8 Å². The summed E-state index contributed by atoms with van der Waals surface area (Å²) in [7, 11) is 1.54. The van der Waals surface area contributed by atoms with Crippen molar-refractivity contribution in [3.63, 3.8) is 0 Å². The molecule has 6 aliphatic rings. The molecule has 0 amide bonds.